The number of rotatable bonds is 0. The van der Waals surface area contributed by atoms with Crippen molar-refractivity contribution < 1.29 is 4.39 Å². The maximum atomic E-state index is 14.8. The monoisotopic (exact) mass is 386 g/mol. The van der Waals surface area contributed by atoms with Crippen LogP contribution in [0.1, 0.15) is 12.5 Å². The molecule has 0 unspecified atom stereocenters. The van der Waals surface area contributed by atoms with Gasteiger partial charge in [-0.15, -0.1) is 0 Å². The molecule has 24 heavy (non-hydrogen) atoms. The third kappa shape index (κ3) is 2.47. The molecule has 0 spiro atoms. The maximum absolute atomic E-state index is 14.8. The van der Waals surface area contributed by atoms with Crippen LogP contribution in [0.3, 0.4) is 0 Å². The lowest BCUT2D eigenvalue weighted by atomic mass is 10.2. The zero-order valence-corrected chi connectivity index (χ0v) is 15.1. The average molecular weight is 386 g/mol. The smallest absolute Gasteiger partial charge is 0.241 e. The van der Waals surface area contributed by atoms with E-state index in [1.807, 2.05) is 6.07 Å². The van der Waals surface area contributed by atoms with Gasteiger partial charge in [-0.2, -0.15) is 15.0 Å². The number of nitriles is 1. The van der Waals surface area contributed by atoms with Crippen LogP contribution >= 0.6 is 47.0 Å². The van der Waals surface area contributed by atoms with E-state index in [-0.39, 0.29) is 16.3 Å². The van der Waals surface area contributed by atoms with Crippen LogP contribution in [0, 0.1) is 36.9 Å². The summed E-state index contributed by atoms with van der Waals surface area (Å²) in [5.74, 6) is -0.723. The molecule has 0 aliphatic carbocycles. The van der Waals surface area contributed by atoms with Crippen molar-refractivity contribution in [2.75, 3.05) is 0 Å². The minimum Gasteiger partial charge on any atom is -0.241 e. The highest BCUT2D eigenvalue weighted by atomic mass is 32.2. The second-order valence-electron chi connectivity index (χ2n) is 4.34. The summed E-state index contributed by atoms with van der Waals surface area (Å²) in [7, 11) is 0. The first-order valence-electron chi connectivity index (χ1n) is 6.14. The van der Waals surface area contributed by atoms with E-state index in [0.717, 1.165) is 20.9 Å². The molecule has 0 fully saturated rings. The molecular weight excluding hydrogens is 383 g/mol. The van der Waals surface area contributed by atoms with Gasteiger partial charge in [-0.25, -0.2) is 9.24 Å². The van der Waals surface area contributed by atoms with Gasteiger partial charge in [-0.1, -0.05) is 47.0 Å². The van der Waals surface area contributed by atoms with Crippen molar-refractivity contribution in [2.24, 2.45) is 0 Å². The quantitative estimate of drug-likeness (QED) is 0.499. The van der Waals surface area contributed by atoms with E-state index in [1.165, 1.54) is 35.3 Å². The van der Waals surface area contributed by atoms with Crippen molar-refractivity contribution in [2.45, 2.75) is 26.5 Å². The molecular formula is C15H3FN4S4. The van der Waals surface area contributed by atoms with Crippen molar-refractivity contribution >= 4 is 47.0 Å². The van der Waals surface area contributed by atoms with Crippen LogP contribution in [-0.2, 0) is 0 Å². The second-order valence-corrected chi connectivity index (χ2v) is 8.94. The molecule has 1 aromatic carbocycles. The molecule has 0 bridgehead atoms. The van der Waals surface area contributed by atoms with Crippen LogP contribution < -0.4 is 0 Å². The highest BCUT2D eigenvalue weighted by Gasteiger charge is 2.38. The third-order valence-electron chi connectivity index (χ3n) is 3.01. The summed E-state index contributed by atoms with van der Waals surface area (Å²) in [5.41, 5.74) is 0.448. The summed E-state index contributed by atoms with van der Waals surface area (Å²) < 4.78 is 15.9. The minimum atomic E-state index is -0.622. The Hall–Kier alpha value is -2.01. The molecule has 0 saturated heterocycles. The molecule has 4 nitrogen and oxygen atoms in total. The lowest BCUT2D eigenvalue weighted by molar-refractivity contribution is 0.580. The predicted octanol–water partition coefficient (Wildman–Crippen LogP) is 6.17. The van der Waals surface area contributed by atoms with Gasteiger partial charge in [0.05, 0.1) is 15.7 Å². The van der Waals surface area contributed by atoms with E-state index in [0.29, 0.717) is 19.7 Å². The Morgan fingerprint density at radius 2 is 1.46 bits per heavy atom. The van der Waals surface area contributed by atoms with Gasteiger partial charge in [0.25, 0.3) is 0 Å². The Bertz CT molecular complexity index is 1010. The number of halogens is 1. The first-order valence-corrected chi connectivity index (χ1v) is 9.40. The van der Waals surface area contributed by atoms with Crippen LogP contribution in [0.4, 0.5) is 4.39 Å². The number of nitrogens with zero attached hydrogens (tertiary/aromatic N) is 4. The van der Waals surface area contributed by atoms with E-state index in [9.17, 15) is 9.65 Å². The number of fused-ring (bicyclic) bond motifs is 3. The second kappa shape index (κ2) is 6.48. The summed E-state index contributed by atoms with van der Waals surface area (Å²) in [6.45, 7) is 22.9. The van der Waals surface area contributed by atoms with Gasteiger partial charge in [-0.3, -0.25) is 0 Å². The van der Waals surface area contributed by atoms with Gasteiger partial charge in [0.2, 0.25) is 0 Å². The fourth-order valence-electron chi connectivity index (χ4n) is 1.92. The summed E-state index contributed by atoms with van der Waals surface area (Å²) in [4.78, 5) is 11.9. The zero-order chi connectivity index (χ0) is 17.4. The summed E-state index contributed by atoms with van der Waals surface area (Å²) in [6, 6.07) is 1.91. The van der Waals surface area contributed by atoms with E-state index >= 15 is 0 Å². The van der Waals surface area contributed by atoms with Gasteiger partial charge >= 0.3 is 5.82 Å². The Kier molecular flexibility index (Phi) is 4.54. The van der Waals surface area contributed by atoms with E-state index in [1.54, 1.807) is 6.92 Å². The lowest BCUT2D eigenvalue weighted by Gasteiger charge is -2.07. The maximum Gasteiger partial charge on any atom is 0.540 e. The lowest BCUT2D eigenvalue weighted by Crippen LogP contribution is -1.92. The molecule has 2 heterocycles. The largest absolute Gasteiger partial charge is 0.540 e. The molecule has 9 heteroatoms. The standard InChI is InChI=1S/C15H3FN4S4/c1-6(18-2)14-21-9-7(5-17)8(16)10-12(11(9)23-14)24-15(22-10)13(19-3)20-4/h1H3/b14-6-. The fourth-order valence-corrected chi connectivity index (χ4v) is 7.21. The predicted molar refractivity (Wildman–Crippen MR) is 94.1 cm³/mol. The van der Waals surface area contributed by atoms with Gasteiger partial charge in [0.15, 0.2) is 11.5 Å². The third-order valence-corrected chi connectivity index (χ3v) is 8.52. The zero-order valence-electron chi connectivity index (χ0n) is 11.8. The molecule has 0 atom stereocenters. The first-order chi connectivity index (χ1) is 11.5. The van der Waals surface area contributed by atoms with Gasteiger partial charge in [0.1, 0.15) is 29.0 Å². The molecule has 0 radical (unpaired) electrons. The number of allylic oxidation sites excluding steroid dienone is 1. The summed E-state index contributed by atoms with van der Waals surface area (Å²) in [6.07, 6.45) is 0. The van der Waals surface area contributed by atoms with Crippen LogP contribution in [0.15, 0.2) is 39.6 Å². The Morgan fingerprint density at radius 1 is 0.917 bits per heavy atom. The minimum absolute atomic E-state index is 0.0458. The summed E-state index contributed by atoms with van der Waals surface area (Å²) >= 11 is 4.77. The molecule has 114 valence electrons. The molecule has 2 aliphatic heterocycles. The van der Waals surface area contributed by atoms with E-state index in [4.69, 9.17) is 19.7 Å². The van der Waals surface area contributed by atoms with Crippen LogP contribution in [0.2, 0.25) is 0 Å². The molecule has 0 N–H and O–H groups in total. The van der Waals surface area contributed by atoms with Gasteiger partial charge in [-0.05, 0) is 6.92 Å². The van der Waals surface area contributed by atoms with Crippen molar-refractivity contribution in [1.82, 2.24) is 0 Å². The Labute approximate surface area is 154 Å². The first kappa shape index (κ1) is 16.8. The van der Waals surface area contributed by atoms with Crippen molar-refractivity contribution in [3.8, 4) is 6.07 Å². The van der Waals surface area contributed by atoms with Crippen LogP contribution in [-0.4, -0.2) is 0 Å². The summed E-state index contributed by atoms with van der Waals surface area (Å²) in [5, 5.41) is 9.35. The Morgan fingerprint density at radius 3 is 2.04 bits per heavy atom. The number of benzene rings is 1. The van der Waals surface area contributed by atoms with Crippen LogP contribution in [0.5, 0.6) is 0 Å². The van der Waals surface area contributed by atoms with Crippen LogP contribution in [0.25, 0.3) is 14.5 Å². The topological polar surface area (TPSA) is 36.9 Å². The SMILES string of the molecule is [C-]#[N+]C([N+]#[C-])=C1Sc2c(F)c(C#N)c3c(c2S1)S/C(=C(/C)[N+]#[C-])S3. The van der Waals surface area contributed by atoms with Crippen molar-refractivity contribution in [3.63, 3.8) is 0 Å². The molecule has 1 aromatic rings. The highest BCUT2D eigenvalue weighted by Crippen LogP contribution is 2.64. The highest BCUT2D eigenvalue weighted by molar-refractivity contribution is 8.26. The molecule has 0 saturated carbocycles. The molecule has 0 aromatic heterocycles. The molecule has 0 amide bonds. The van der Waals surface area contributed by atoms with Gasteiger partial charge < -0.3 is 0 Å². The Balaban J connectivity index is 2.25. The number of hydrogen-bond donors (Lipinski definition) is 0. The number of hydrogen-bond acceptors (Lipinski definition) is 5. The number of thioether (sulfide) groups is 4. The molecule has 3 rings (SSSR count). The molecule has 2 aliphatic rings. The van der Waals surface area contributed by atoms with Gasteiger partial charge in [0, 0.05) is 14.7 Å². The van der Waals surface area contributed by atoms with Crippen molar-refractivity contribution in [3.05, 3.63) is 65.6 Å². The average Bonchev–Trinajstić information content (AvgIpc) is 3.20. The van der Waals surface area contributed by atoms with Crippen molar-refractivity contribution in [1.29, 1.82) is 5.26 Å². The van der Waals surface area contributed by atoms with E-state index < -0.39 is 5.82 Å². The normalized spacial score (nSPS) is 16.3. The van der Waals surface area contributed by atoms with E-state index in [2.05, 4.69) is 14.5 Å². The fraction of sp³-hybridized carbons (Fsp3) is 0.0667.